The molecule has 0 amide bonds. The Labute approximate surface area is 86.7 Å². The highest BCUT2D eigenvalue weighted by Gasteiger charge is 2.33. The number of carboxylic acid groups (broad SMARTS) is 1. The van der Waals surface area contributed by atoms with Gasteiger partial charge in [-0.25, -0.2) is 9.78 Å². The van der Waals surface area contributed by atoms with Crippen LogP contribution in [-0.2, 0) is 0 Å². The van der Waals surface area contributed by atoms with Crippen LogP contribution in [0.2, 0.25) is 0 Å². The maximum atomic E-state index is 11.9. The summed E-state index contributed by atoms with van der Waals surface area (Å²) in [7, 11) is 0. The van der Waals surface area contributed by atoms with Gasteiger partial charge in [-0.1, -0.05) is 0 Å². The number of aromatic nitrogens is 1. The molecule has 1 N–H and O–H groups in total. The Morgan fingerprint density at radius 1 is 1.56 bits per heavy atom. The Hall–Kier alpha value is -2.30. The van der Waals surface area contributed by atoms with E-state index in [-0.39, 0.29) is 5.69 Å². The Bertz CT molecular complexity index is 465. The van der Waals surface area contributed by atoms with Gasteiger partial charge < -0.3 is 9.84 Å². The van der Waals surface area contributed by atoms with E-state index in [1.165, 1.54) is 6.07 Å². The molecule has 0 aromatic carbocycles. The van der Waals surface area contributed by atoms with E-state index in [1.54, 1.807) is 0 Å². The number of hydrogen-bond donors (Lipinski definition) is 1. The molecule has 0 aliphatic heterocycles. The lowest BCUT2D eigenvalue weighted by Gasteiger charge is -2.10. The van der Waals surface area contributed by atoms with Crippen molar-refractivity contribution in [1.29, 1.82) is 5.26 Å². The number of halogens is 3. The number of ether oxygens (including phenoxy) is 1. The summed E-state index contributed by atoms with van der Waals surface area (Å²) in [5, 5.41) is 17.0. The highest BCUT2D eigenvalue weighted by Crippen LogP contribution is 2.25. The molecule has 1 aromatic heterocycles. The van der Waals surface area contributed by atoms with E-state index in [4.69, 9.17) is 10.4 Å². The molecule has 0 saturated carbocycles. The van der Waals surface area contributed by atoms with E-state index in [1.807, 2.05) is 0 Å². The molecular formula is C8H3F3N2O3. The molecule has 1 aromatic rings. The topological polar surface area (TPSA) is 83.2 Å². The third-order valence-corrected chi connectivity index (χ3v) is 1.44. The molecule has 5 nitrogen and oxygen atoms in total. The summed E-state index contributed by atoms with van der Waals surface area (Å²) in [6.07, 6.45) is -4.48. The van der Waals surface area contributed by atoms with Crippen molar-refractivity contribution in [2.45, 2.75) is 6.36 Å². The summed E-state index contributed by atoms with van der Waals surface area (Å²) < 4.78 is 39.0. The normalized spacial score (nSPS) is 10.6. The second-order valence-corrected chi connectivity index (χ2v) is 2.53. The van der Waals surface area contributed by atoms with Crippen molar-refractivity contribution in [2.24, 2.45) is 0 Å². The molecule has 0 fully saturated rings. The zero-order valence-corrected chi connectivity index (χ0v) is 7.45. The third kappa shape index (κ3) is 2.84. The van der Waals surface area contributed by atoms with Crippen molar-refractivity contribution in [3.63, 3.8) is 0 Å². The van der Waals surface area contributed by atoms with Crippen molar-refractivity contribution >= 4 is 5.97 Å². The van der Waals surface area contributed by atoms with Crippen LogP contribution in [0.25, 0.3) is 0 Å². The lowest BCUT2D eigenvalue weighted by atomic mass is 10.2. The fraction of sp³-hybridized carbons (Fsp3) is 0.125. The molecule has 1 rings (SSSR count). The molecule has 1 heterocycles. The van der Waals surface area contributed by atoms with E-state index in [0.29, 0.717) is 12.3 Å². The van der Waals surface area contributed by atoms with Gasteiger partial charge in [0.25, 0.3) is 0 Å². The van der Waals surface area contributed by atoms with Crippen LogP contribution in [0.3, 0.4) is 0 Å². The molecule has 0 spiro atoms. The van der Waals surface area contributed by atoms with Crippen molar-refractivity contribution in [3.05, 3.63) is 23.5 Å². The fourth-order valence-corrected chi connectivity index (χ4v) is 0.877. The van der Waals surface area contributed by atoms with Crippen LogP contribution in [0.15, 0.2) is 12.3 Å². The number of carboxylic acids is 1. The van der Waals surface area contributed by atoms with Gasteiger partial charge in [-0.15, -0.1) is 13.2 Å². The summed E-state index contributed by atoms with van der Waals surface area (Å²) in [6.45, 7) is 0. The lowest BCUT2D eigenvalue weighted by molar-refractivity contribution is -0.274. The van der Waals surface area contributed by atoms with Gasteiger partial charge in [-0.2, -0.15) is 5.26 Å². The predicted molar refractivity (Wildman–Crippen MR) is 42.6 cm³/mol. The van der Waals surface area contributed by atoms with Gasteiger partial charge in [0.2, 0.25) is 0 Å². The lowest BCUT2D eigenvalue weighted by Crippen LogP contribution is -2.19. The van der Waals surface area contributed by atoms with Gasteiger partial charge in [0.05, 0.1) is 6.20 Å². The van der Waals surface area contributed by atoms with Crippen LogP contribution in [0.5, 0.6) is 5.75 Å². The first-order valence-electron chi connectivity index (χ1n) is 3.72. The molecule has 0 aliphatic carbocycles. The number of pyridine rings is 1. The largest absolute Gasteiger partial charge is 0.573 e. The maximum Gasteiger partial charge on any atom is 0.573 e. The Balaban J connectivity index is 3.20. The molecule has 84 valence electrons. The summed E-state index contributed by atoms with van der Waals surface area (Å²) in [6, 6.07) is 2.20. The first-order valence-corrected chi connectivity index (χ1v) is 3.72. The highest BCUT2D eigenvalue weighted by molar-refractivity contribution is 5.91. The van der Waals surface area contributed by atoms with Gasteiger partial charge in [-0.3, -0.25) is 0 Å². The quantitative estimate of drug-likeness (QED) is 0.836. The molecule has 0 radical (unpaired) electrons. The van der Waals surface area contributed by atoms with Gasteiger partial charge in [0.15, 0.2) is 5.75 Å². The Kier molecular flexibility index (Phi) is 2.99. The average molecular weight is 232 g/mol. The molecule has 0 bridgehead atoms. The molecule has 16 heavy (non-hydrogen) atoms. The third-order valence-electron chi connectivity index (χ3n) is 1.44. The van der Waals surface area contributed by atoms with Crippen molar-refractivity contribution in [1.82, 2.24) is 4.98 Å². The standard InChI is InChI=1S/C8H3F3N2O3/c9-8(10,11)16-6-3-13-4(2-12)1-5(6)7(14)15/h1,3H,(H,14,15). The molecule has 0 atom stereocenters. The number of aromatic carboxylic acids is 1. The fourth-order valence-electron chi connectivity index (χ4n) is 0.877. The maximum absolute atomic E-state index is 11.9. The summed E-state index contributed by atoms with van der Waals surface area (Å²) >= 11 is 0. The number of carbonyl (C=O) groups is 1. The minimum Gasteiger partial charge on any atom is -0.478 e. The van der Waals surface area contributed by atoms with Gasteiger partial charge in [0, 0.05) is 0 Å². The smallest absolute Gasteiger partial charge is 0.478 e. The number of alkyl halides is 3. The van der Waals surface area contributed by atoms with E-state index in [9.17, 15) is 18.0 Å². The van der Waals surface area contributed by atoms with Crippen LogP contribution < -0.4 is 4.74 Å². The number of nitriles is 1. The van der Waals surface area contributed by atoms with Crippen LogP contribution in [0.1, 0.15) is 16.1 Å². The van der Waals surface area contributed by atoms with E-state index >= 15 is 0 Å². The van der Waals surface area contributed by atoms with Gasteiger partial charge in [0.1, 0.15) is 17.3 Å². The Morgan fingerprint density at radius 2 is 2.19 bits per heavy atom. The average Bonchev–Trinajstić information content (AvgIpc) is 2.15. The van der Waals surface area contributed by atoms with Crippen LogP contribution in [-0.4, -0.2) is 22.4 Å². The minimum absolute atomic E-state index is 0.313. The molecular weight excluding hydrogens is 229 g/mol. The SMILES string of the molecule is N#Cc1cc(C(=O)O)c(OC(F)(F)F)cn1. The molecule has 0 saturated heterocycles. The van der Waals surface area contributed by atoms with E-state index in [0.717, 1.165) is 0 Å². The van der Waals surface area contributed by atoms with Crippen molar-refractivity contribution < 1.29 is 27.8 Å². The Morgan fingerprint density at radius 3 is 2.62 bits per heavy atom. The second-order valence-electron chi connectivity index (χ2n) is 2.53. The zero-order chi connectivity index (χ0) is 12.3. The molecule has 8 heteroatoms. The number of rotatable bonds is 2. The minimum atomic E-state index is -5.01. The first-order chi connectivity index (χ1) is 7.33. The van der Waals surface area contributed by atoms with Crippen molar-refractivity contribution in [3.8, 4) is 11.8 Å². The summed E-state index contributed by atoms with van der Waals surface area (Å²) in [5.41, 5.74) is -1.09. The van der Waals surface area contributed by atoms with Crippen LogP contribution in [0, 0.1) is 11.3 Å². The summed E-state index contributed by atoms with van der Waals surface area (Å²) in [4.78, 5) is 13.9. The van der Waals surface area contributed by atoms with Crippen molar-refractivity contribution in [2.75, 3.05) is 0 Å². The predicted octanol–water partition coefficient (Wildman–Crippen LogP) is 1.55. The molecule has 0 unspecified atom stereocenters. The van der Waals surface area contributed by atoms with Crippen LogP contribution in [0.4, 0.5) is 13.2 Å². The number of nitrogens with zero attached hydrogens (tertiary/aromatic N) is 2. The van der Waals surface area contributed by atoms with Gasteiger partial charge >= 0.3 is 12.3 Å². The monoisotopic (exact) mass is 232 g/mol. The second kappa shape index (κ2) is 4.06. The zero-order valence-electron chi connectivity index (χ0n) is 7.45. The number of hydrogen-bond acceptors (Lipinski definition) is 4. The van der Waals surface area contributed by atoms with Gasteiger partial charge in [-0.05, 0) is 6.07 Å². The van der Waals surface area contributed by atoms with E-state index in [2.05, 4.69) is 9.72 Å². The van der Waals surface area contributed by atoms with E-state index < -0.39 is 23.6 Å². The molecule has 0 aliphatic rings. The van der Waals surface area contributed by atoms with Crippen LogP contribution >= 0.6 is 0 Å². The highest BCUT2D eigenvalue weighted by atomic mass is 19.4. The first kappa shape index (κ1) is 11.8. The summed E-state index contributed by atoms with van der Waals surface area (Å²) in [5.74, 6) is -2.60.